The van der Waals surface area contributed by atoms with Crippen LogP contribution in [0.3, 0.4) is 0 Å². The second-order valence-corrected chi connectivity index (χ2v) is 12.8. The van der Waals surface area contributed by atoms with Crippen LogP contribution < -0.4 is 0 Å². The van der Waals surface area contributed by atoms with Crippen LogP contribution in [0.25, 0.3) is 0 Å². The normalized spacial score (nSPS) is 17.3. The first-order valence-electron chi connectivity index (χ1n) is 14.8. The van der Waals surface area contributed by atoms with Crippen LogP contribution in [0.2, 0.25) is 0 Å². The van der Waals surface area contributed by atoms with Crippen molar-refractivity contribution in [3.05, 3.63) is 35.9 Å². The maximum absolute atomic E-state index is 12.8. The highest BCUT2D eigenvalue weighted by Gasteiger charge is 2.25. The summed E-state index contributed by atoms with van der Waals surface area (Å²) in [5.74, 6) is -2.07. The van der Waals surface area contributed by atoms with E-state index in [1.807, 2.05) is 86.6 Å². The Hall–Kier alpha value is -3.06. The van der Waals surface area contributed by atoms with E-state index in [1.165, 1.54) is 0 Å². The molecule has 2 rings (SSSR count). The zero-order valence-electron chi connectivity index (χ0n) is 26.7. The first-order chi connectivity index (χ1) is 20.1. The topological polar surface area (TPSA) is 129 Å². The molecular formula is C31H50N4O8. The minimum Gasteiger partial charge on any atom is -0.480 e. The number of carbonyl (C=O) groups excluding carboxylic acids is 3. The van der Waals surface area contributed by atoms with Crippen LogP contribution in [0.5, 0.6) is 0 Å². The van der Waals surface area contributed by atoms with Crippen LogP contribution in [0.1, 0.15) is 47.1 Å². The van der Waals surface area contributed by atoms with Gasteiger partial charge >= 0.3 is 23.9 Å². The molecule has 1 heterocycles. The molecule has 12 nitrogen and oxygen atoms in total. The predicted octanol–water partition coefficient (Wildman–Crippen LogP) is 1.72. The molecule has 242 valence electrons. The Labute approximate surface area is 255 Å². The first kappa shape index (κ1) is 36.1. The number of rotatable bonds is 10. The smallest absolute Gasteiger partial charge is 0.320 e. The Morgan fingerprint density at radius 2 is 0.953 bits per heavy atom. The van der Waals surface area contributed by atoms with Crippen molar-refractivity contribution in [1.82, 2.24) is 19.6 Å². The highest BCUT2D eigenvalue weighted by Crippen LogP contribution is 2.10. The number of carbonyl (C=O) groups is 4. The molecule has 0 aromatic heterocycles. The van der Waals surface area contributed by atoms with E-state index in [0.29, 0.717) is 52.4 Å². The molecule has 12 heteroatoms. The molecule has 0 aliphatic carbocycles. The molecule has 0 bridgehead atoms. The van der Waals surface area contributed by atoms with Gasteiger partial charge in [-0.3, -0.25) is 38.8 Å². The first-order valence-corrected chi connectivity index (χ1v) is 14.8. The molecule has 1 aromatic carbocycles. The van der Waals surface area contributed by atoms with Gasteiger partial charge in [0.15, 0.2) is 0 Å². The Morgan fingerprint density at radius 3 is 1.30 bits per heavy atom. The van der Waals surface area contributed by atoms with Gasteiger partial charge < -0.3 is 19.3 Å². The van der Waals surface area contributed by atoms with Crippen molar-refractivity contribution in [2.45, 2.75) is 59.4 Å². The summed E-state index contributed by atoms with van der Waals surface area (Å²) in [5.41, 5.74) is -0.376. The van der Waals surface area contributed by atoms with E-state index >= 15 is 0 Å². The molecule has 1 aliphatic heterocycles. The minimum absolute atomic E-state index is 0.0266. The second kappa shape index (κ2) is 17.3. The number of hydrogen-bond acceptors (Lipinski definition) is 11. The van der Waals surface area contributed by atoms with E-state index in [4.69, 9.17) is 14.2 Å². The number of esters is 3. The summed E-state index contributed by atoms with van der Waals surface area (Å²) < 4.78 is 16.6. The molecule has 0 unspecified atom stereocenters. The largest absolute Gasteiger partial charge is 0.480 e. The van der Waals surface area contributed by atoms with Crippen LogP contribution in [-0.2, 0) is 40.0 Å². The van der Waals surface area contributed by atoms with E-state index in [-0.39, 0.29) is 50.7 Å². The highest BCUT2D eigenvalue weighted by atomic mass is 16.6. The maximum atomic E-state index is 12.8. The van der Waals surface area contributed by atoms with Crippen molar-refractivity contribution < 1.29 is 38.5 Å². The zero-order valence-corrected chi connectivity index (χ0v) is 26.7. The van der Waals surface area contributed by atoms with Crippen LogP contribution in [0.15, 0.2) is 30.3 Å². The summed E-state index contributed by atoms with van der Waals surface area (Å²) in [6.07, 6.45) is 0. The van der Waals surface area contributed by atoms with Crippen molar-refractivity contribution in [2.24, 2.45) is 0 Å². The Kier molecular flexibility index (Phi) is 14.5. The Balaban J connectivity index is 2.17. The van der Waals surface area contributed by atoms with Gasteiger partial charge in [-0.25, -0.2) is 0 Å². The van der Waals surface area contributed by atoms with Crippen LogP contribution >= 0.6 is 0 Å². The summed E-state index contributed by atoms with van der Waals surface area (Å²) in [4.78, 5) is 57.4. The summed E-state index contributed by atoms with van der Waals surface area (Å²) in [5, 5.41) is 9.51. The molecule has 1 saturated heterocycles. The Bertz CT molecular complexity index is 1040. The van der Waals surface area contributed by atoms with Gasteiger partial charge in [-0.15, -0.1) is 0 Å². The molecule has 1 aromatic rings. The lowest BCUT2D eigenvalue weighted by molar-refractivity contribution is -0.158. The average molecular weight is 607 g/mol. The fourth-order valence-electron chi connectivity index (χ4n) is 4.48. The van der Waals surface area contributed by atoms with Crippen molar-refractivity contribution in [3.8, 4) is 0 Å². The number of carboxylic acid groups (broad SMARTS) is 1. The highest BCUT2D eigenvalue weighted by molar-refractivity contribution is 5.73. The molecule has 1 N–H and O–H groups in total. The van der Waals surface area contributed by atoms with Crippen LogP contribution in [-0.4, -0.2) is 138 Å². The van der Waals surface area contributed by atoms with Gasteiger partial charge in [0, 0.05) is 52.4 Å². The van der Waals surface area contributed by atoms with Crippen LogP contribution in [0, 0.1) is 0 Å². The Morgan fingerprint density at radius 1 is 0.605 bits per heavy atom. The van der Waals surface area contributed by atoms with Crippen LogP contribution in [0.4, 0.5) is 0 Å². The lowest BCUT2D eigenvalue weighted by Crippen LogP contribution is -2.49. The average Bonchev–Trinajstić information content (AvgIpc) is 2.87. The zero-order chi connectivity index (χ0) is 32.0. The molecule has 0 saturated carbocycles. The van der Waals surface area contributed by atoms with Gasteiger partial charge in [0.25, 0.3) is 0 Å². The molecule has 1 fully saturated rings. The van der Waals surface area contributed by atoms with E-state index in [9.17, 15) is 24.3 Å². The van der Waals surface area contributed by atoms with Crippen molar-refractivity contribution in [2.75, 3.05) is 78.5 Å². The van der Waals surface area contributed by atoms with Crippen molar-refractivity contribution in [1.29, 1.82) is 0 Å². The molecular weight excluding hydrogens is 556 g/mol. The second-order valence-electron chi connectivity index (χ2n) is 12.8. The minimum atomic E-state index is -0.955. The molecule has 43 heavy (non-hydrogen) atoms. The fourth-order valence-corrected chi connectivity index (χ4v) is 4.48. The number of hydrogen-bond donors (Lipinski definition) is 1. The van der Waals surface area contributed by atoms with Gasteiger partial charge in [0.05, 0.1) is 26.2 Å². The lowest BCUT2D eigenvalue weighted by atomic mass is 10.2. The van der Waals surface area contributed by atoms with Crippen molar-refractivity contribution in [3.63, 3.8) is 0 Å². The van der Waals surface area contributed by atoms with Gasteiger partial charge in [0.2, 0.25) is 0 Å². The van der Waals surface area contributed by atoms with E-state index in [2.05, 4.69) is 0 Å². The third kappa shape index (κ3) is 17.0. The summed E-state index contributed by atoms with van der Waals surface area (Å²) in [6.45, 7) is 14.4. The molecule has 0 amide bonds. The van der Waals surface area contributed by atoms with E-state index in [1.54, 1.807) is 4.90 Å². The standard InChI is InChI=1S/C31H50N4O8/c1-30(2,3)42-28(39)22-34-15-13-32(20-26(36)37)12-14-33(21-27(38)41-24-25-10-8-7-9-11-25)16-17-35(19-18-34)23-29(40)43-31(4,5)6/h7-11H,12-24H2,1-6H3,(H,36,37). The molecule has 0 radical (unpaired) electrons. The van der Waals surface area contributed by atoms with E-state index in [0.717, 1.165) is 5.56 Å². The predicted molar refractivity (Wildman–Crippen MR) is 161 cm³/mol. The number of carboxylic acids is 1. The molecule has 0 atom stereocenters. The maximum Gasteiger partial charge on any atom is 0.320 e. The molecule has 1 aliphatic rings. The van der Waals surface area contributed by atoms with Gasteiger partial charge in [-0.1, -0.05) is 30.3 Å². The third-order valence-corrected chi connectivity index (χ3v) is 6.43. The number of aliphatic carboxylic acids is 1. The summed E-state index contributed by atoms with van der Waals surface area (Å²) in [7, 11) is 0. The summed E-state index contributed by atoms with van der Waals surface area (Å²) in [6, 6.07) is 9.42. The quantitative estimate of drug-likeness (QED) is 0.308. The number of ether oxygens (including phenoxy) is 3. The van der Waals surface area contributed by atoms with Gasteiger partial charge in [-0.05, 0) is 47.1 Å². The summed E-state index contributed by atoms with van der Waals surface area (Å²) >= 11 is 0. The third-order valence-electron chi connectivity index (χ3n) is 6.43. The van der Waals surface area contributed by atoms with Crippen molar-refractivity contribution >= 4 is 23.9 Å². The van der Waals surface area contributed by atoms with E-state index < -0.39 is 17.2 Å². The molecule has 0 spiro atoms. The lowest BCUT2D eigenvalue weighted by Gasteiger charge is -2.33. The number of benzene rings is 1. The SMILES string of the molecule is CC(C)(C)OC(=O)CN1CCN(CC(=O)O)CCN(CC(=O)OCc2ccccc2)CCN(CC(=O)OC(C)(C)C)CC1. The fraction of sp³-hybridized carbons (Fsp3) is 0.677. The number of nitrogens with zero attached hydrogens (tertiary/aromatic N) is 4. The van der Waals surface area contributed by atoms with Gasteiger partial charge in [-0.2, -0.15) is 0 Å². The monoisotopic (exact) mass is 606 g/mol. The van der Waals surface area contributed by atoms with Gasteiger partial charge in [0.1, 0.15) is 17.8 Å².